The van der Waals surface area contributed by atoms with Gasteiger partial charge in [-0.25, -0.2) is 14.8 Å². The van der Waals surface area contributed by atoms with Crippen molar-refractivity contribution in [3.8, 4) is 5.75 Å². The van der Waals surface area contributed by atoms with Gasteiger partial charge < -0.3 is 9.47 Å². The first-order valence-corrected chi connectivity index (χ1v) is 5.89. The Kier molecular flexibility index (Phi) is 2.67. The van der Waals surface area contributed by atoms with E-state index < -0.39 is 12.0 Å². The molecule has 2 aromatic rings. The van der Waals surface area contributed by atoms with Crippen molar-refractivity contribution < 1.29 is 14.3 Å². The third-order valence-electron chi connectivity index (χ3n) is 2.98. The molecule has 5 heteroatoms. The Labute approximate surface area is 109 Å². The summed E-state index contributed by atoms with van der Waals surface area (Å²) in [6, 6.07) is 8.64. The maximum Gasteiger partial charge on any atom is 0.343 e. The second-order valence-electron chi connectivity index (χ2n) is 4.24. The zero-order valence-electron chi connectivity index (χ0n) is 10.6. The van der Waals surface area contributed by atoms with E-state index in [9.17, 15) is 4.79 Å². The van der Waals surface area contributed by atoms with Crippen molar-refractivity contribution in [2.45, 2.75) is 13.0 Å². The van der Waals surface area contributed by atoms with E-state index in [-0.39, 0.29) is 0 Å². The molecular weight excluding hydrogens is 244 g/mol. The van der Waals surface area contributed by atoms with Gasteiger partial charge in [0.1, 0.15) is 5.75 Å². The smallest absolute Gasteiger partial charge is 0.343 e. The van der Waals surface area contributed by atoms with Crippen molar-refractivity contribution in [2.24, 2.45) is 4.99 Å². The molecule has 0 fully saturated rings. The minimum absolute atomic E-state index is 0.365. The van der Waals surface area contributed by atoms with Gasteiger partial charge in [-0.2, -0.15) is 0 Å². The molecule has 96 valence electrons. The van der Waals surface area contributed by atoms with Crippen molar-refractivity contribution >= 4 is 22.8 Å². The van der Waals surface area contributed by atoms with E-state index in [1.54, 1.807) is 20.1 Å². The molecular formula is C14H12N2O3. The van der Waals surface area contributed by atoms with Crippen LogP contribution in [0.2, 0.25) is 0 Å². The van der Waals surface area contributed by atoms with Gasteiger partial charge in [-0.05, 0) is 12.1 Å². The lowest BCUT2D eigenvalue weighted by atomic mass is 10.1. The topological polar surface area (TPSA) is 60.8 Å². The first-order valence-electron chi connectivity index (χ1n) is 5.89. The molecule has 1 aromatic carbocycles. The summed E-state index contributed by atoms with van der Waals surface area (Å²) in [6.07, 6.45) is 0. The van der Waals surface area contributed by atoms with Crippen LogP contribution in [0.1, 0.15) is 18.7 Å². The van der Waals surface area contributed by atoms with Crippen LogP contribution in [0.3, 0.4) is 0 Å². The number of carbonyl (C=O) groups excluding carboxylic acids is 1. The summed E-state index contributed by atoms with van der Waals surface area (Å²) in [5.41, 5.74) is 1.31. The molecule has 0 bridgehead atoms. The fourth-order valence-electron chi connectivity index (χ4n) is 2.12. The lowest BCUT2D eigenvalue weighted by Gasteiger charge is -2.09. The van der Waals surface area contributed by atoms with Crippen LogP contribution in [0.5, 0.6) is 5.75 Å². The quantitative estimate of drug-likeness (QED) is 0.773. The van der Waals surface area contributed by atoms with Gasteiger partial charge >= 0.3 is 5.97 Å². The van der Waals surface area contributed by atoms with E-state index in [1.165, 1.54) is 0 Å². The number of rotatable bonds is 2. The molecule has 0 radical (unpaired) electrons. The predicted molar refractivity (Wildman–Crippen MR) is 70.2 cm³/mol. The Morgan fingerprint density at radius 1 is 1.32 bits per heavy atom. The third kappa shape index (κ3) is 1.93. The van der Waals surface area contributed by atoms with Gasteiger partial charge in [0.15, 0.2) is 11.9 Å². The minimum Gasteiger partial charge on any atom is -0.496 e. The van der Waals surface area contributed by atoms with E-state index in [1.807, 2.05) is 24.3 Å². The number of carbonyl (C=O) groups is 1. The molecule has 19 heavy (non-hydrogen) atoms. The summed E-state index contributed by atoms with van der Waals surface area (Å²) >= 11 is 0. The number of methoxy groups -OCH3 is 1. The van der Waals surface area contributed by atoms with Crippen LogP contribution in [0, 0.1) is 0 Å². The number of hydrogen-bond acceptors (Lipinski definition) is 5. The Balaban J connectivity index is 2.17. The second kappa shape index (κ2) is 4.35. The monoisotopic (exact) mass is 256 g/mol. The number of ether oxygens (including phenoxy) is 2. The number of nitrogens with zero attached hydrogens (tertiary/aromatic N) is 2. The highest BCUT2D eigenvalue weighted by Gasteiger charge is 2.30. The fraction of sp³-hybridized carbons (Fsp3) is 0.214. The van der Waals surface area contributed by atoms with Crippen LogP contribution in [-0.4, -0.2) is 24.0 Å². The highest BCUT2D eigenvalue weighted by Crippen LogP contribution is 2.30. The largest absolute Gasteiger partial charge is 0.496 e. The highest BCUT2D eigenvalue weighted by atomic mass is 16.6. The Hall–Kier alpha value is -2.43. The maximum absolute atomic E-state index is 11.7. The maximum atomic E-state index is 11.7. The number of esters is 1. The Bertz CT molecular complexity index is 694. The molecule has 0 amide bonds. The summed E-state index contributed by atoms with van der Waals surface area (Å²) in [5, 5.41) is 0.904. The van der Waals surface area contributed by atoms with E-state index >= 15 is 0 Å². The molecule has 0 aliphatic carbocycles. The number of cyclic esters (lactones) is 1. The van der Waals surface area contributed by atoms with Crippen molar-refractivity contribution in [3.05, 3.63) is 36.0 Å². The van der Waals surface area contributed by atoms with Gasteiger partial charge in [0.05, 0.1) is 18.3 Å². The van der Waals surface area contributed by atoms with Crippen LogP contribution >= 0.6 is 0 Å². The van der Waals surface area contributed by atoms with Gasteiger partial charge in [0, 0.05) is 18.4 Å². The van der Waals surface area contributed by atoms with Crippen LogP contribution < -0.4 is 4.74 Å². The van der Waals surface area contributed by atoms with Crippen LogP contribution in [0.15, 0.2) is 35.3 Å². The summed E-state index contributed by atoms with van der Waals surface area (Å²) < 4.78 is 10.3. The van der Waals surface area contributed by atoms with Gasteiger partial charge in [-0.15, -0.1) is 0 Å². The van der Waals surface area contributed by atoms with Crippen LogP contribution in [0.25, 0.3) is 10.9 Å². The van der Waals surface area contributed by atoms with E-state index in [4.69, 9.17) is 9.47 Å². The lowest BCUT2D eigenvalue weighted by molar-refractivity contribution is -0.135. The standard InChI is InChI=1S/C14H12N2O3/c1-8-15-13(14(17)19-8)11-7-12(18-2)9-5-3-4-6-10(9)16-11/h3-7,13H,1-2H3. The lowest BCUT2D eigenvalue weighted by Crippen LogP contribution is -2.09. The number of fused-ring (bicyclic) bond motifs is 1. The average Bonchev–Trinajstić information content (AvgIpc) is 2.76. The molecule has 0 N–H and O–H groups in total. The number of aromatic nitrogens is 1. The van der Waals surface area contributed by atoms with Gasteiger partial charge in [-0.3, -0.25) is 0 Å². The second-order valence-corrected chi connectivity index (χ2v) is 4.24. The zero-order valence-corrected chi connectivity index (χ0v) is 10.6. The van der Waals surface area contributed by atoms with E-state index in [2.05, 4.69) is 9.98 Å². The van der Waals surface area contributed by atoms with E-state index in [0.717, 1.165) is 10.9 Å². The molecule has 0 saturated heterocycles. The normalized spacial score (nSPS) is 18.3. The van der Waals surface area contributed by atoms with Gasteiger partial charge in [0.2, 0.25) is 0 Å². The Morgan fingerprint density at radius 3 is 2.79 bits per heavy atom. The average molecular weight is 256 g/mol. The molecule has 1 aliphatic heterocycles. The van der Waals surface area contributed by atoms with Gasteiger partial charge in [0.25, 0.3) is 0 Å². The molecule has 5 nitrogen and oxygen atoms in total. The van der Waals surface area contributed by atoms with Crippen molar-refractivity contribution in [1.82, 2.24) is 4.98 Å². The molecule has 0 saturated carbocycles. The first-order chi connectivity index (χ1) is 9.19. The molecule has 1 atom stereocenters. The molecule has 0 spiro atoms. The summed E-state index contributed by atoms with van der Waals surface area (Å²) in [6.45, 7) is 1.65. The highest BCUT2D eigenvalue weighted by molar-refractivity contribution is 5.97. The number of para-hydroxylation sites is 1. The number of benzene rings is 1. The molecule has 1 aliphatic rings. The fourth-order valence-corrected chi connectivity index (χ4v) is 2.12. The number of hydrogen-bond donors (Lipinski definition) is 0. The van der Waals surface area contributed by atoms with E-state index in [0.29, 0.717) is 17.3 Å². The summed E-state index contributed by atoms with van der Waals surface area (Å²) in [7, 11) is 1.59. The first kappa shape index (κ1) is 11.6. The van der Waals surface area contributed by atoms with Crippen molar-refractivity contribution in [3.63, 3.8) is 0 Å². The Morgan fingerprint density at radius 2 is 2.11 bits per heavy atom. The molecule has 3 rings (SSSR count). The van der Waals surface area contributed by atoms with Gasteiger partial charge in [-0.1, -0.05) is 12.1 Å². The van der Waals surface area contributed by atoms with Crippen molar-refractivity contribution in [1.29, 1.82) is 0 Å². The number of aliphatic imine (C=N–C) groups is 1. The molecule has 1 unspecified atom stereocenters. The zero-order chi connectivity index (χ0) is 13.4. The summed E-state index contributed by atoms with van der Waals surface area (Å²) in [5.74, 6) is 0.638. The third-order valence-corrected chi connectivity index (χ3v) is 2.98. The van der Waals surface area contributed by atoms with Crippen LogP contribution in [0.4, 0.5) is 0 Å². The van der Waals surface area contributed by atoms with Crippen LogP contribution in [-0.2, 0) is 9.53 Å². The summed E-state index contributed by atoms with van der Waals surface area (Å²) in [4.78, 5) is 20.3. The van der Waals surface area contributed by atoms with Crippen molar-refractivity contribution in [2.75, 3.05) is 7.11 Å². The minimum atomic E-state index is -0.696. The molecule has 1 aromatic heterocycles. The SMILES string of the molecule is COc1cc(C2N=C(C)OC2=O)nc2ccccc12. The number of pyridine rings is 1. The predicted octanol–water partition coefficient (Wildman–Crippen LogP) is 2.26. The molecule has 2 heterocycles.